The summed E-state index contributed by atoms with van der Waals surface area (Å²) in [5.74, 6) is -0.646. The van der Waals surface area contributed by atoms with Gasteiger partial charge in [-0.1, -0.05) is 12.8 Å². The predicted molar refractivity (Wildman–Crippen MR) is 63.9 cm³/mol. The smallest absolute Gasteiger partial charge is 0.331 e. The molecule has 0 aliphatic heterocycles. The molecule has 1 heterocycles. The molecule has 1 aromatic heterocycles. The van der Waals surface area contributed by atoms with E-state index in [1.807, 2.05) is 0 Å². The quantitative estimate of drug-likeness (QED) is 0.800. The van der Waals surface area contributed by atoms with Crippen molar-refractivity contribution >= 4 is 11.9 Å². The van der Waals surface area contributed by atoms with Gasteiger partial charge in [0, 0.05) is 13.2 Å². The van der Waals surface area contributed by atoms with Crippen LogP contribution in [0.1, 0.15) is 36.0 Å². The second-order valence-electron chi connectivity index (χ2n) is 4.64. The highest BCUT2D eigenvalue weighted by Crippen LogP contribution is 2.31. The summed E-state index contributed by atoms with van der Waals surface area (Å²) in [6.07, 6.45) is 6.20. The molecule has 0 radical (unpaired) electrons. The number of hydrogen-bond acceptors (Lipinski definition) is 4. The summed E-state index contributed by atoms with van der Waals surface area (Å²) in [5.41, 5.74) is -0.408. The molecule has 6 heteroatoms. The Bertz CT molecular complexity index is 461. The SMILES string of the molecule is COC(=O)C1(NC(=O)c2cnn(C)c2)CCCC1. The molecule has 0 unspecified atom stereocenters. The van der Waals surface area contributed by atoms with E-state index in [2.05, 4.69) is 10.4 Å². The molecule has 1 aliphatic carbocycles. The number of amides is 1. The average Bonchev–Trinajstić information content (AvgIpc) is 2.98. The number of esters is 1. The van der Waals surface area contributed by atoms with E-state index in [0.29, 0.717) is 18.4 Å². The Labute approximate surface area is 105 Å². The van der Waals surface area contributed by atoms with Crippen molar-refractivity contribution < 1.29 is 14.3 Å². The number of methoxy groups -OCH3 is 1. The number of aromatic nitrogens is 2. The fourth-order valence-corrected chi connectivity index (χ4v) is 2.38. The van der Waals surface area contributed by atoms with E-state index in [4.69, 9.17) is 4.74 Å². The average molecular weight is 251 g/mol. The van der Waals surface area contributed by atoms with Gasteiger partial charge in [0.05, 0.1) is 18.9 Å². The number of carbonyl (C=O) groups is 2. The number of carbonyl (C=O) groups excluding carboxylic acids is 2. The van der Waals surface area contributed by atoms with E-state index in [-0.39, 0.29) is 11.9 Å². The topological polar surface area (TPSA) is 73.2 Å². The minimum atomic E-state index is -0.859. The van der Waals surface area contributed by atoms with Crippen LogP contribution in [0.5, 0.6) is 0 Å². The van der Waals surface area contributed by atoms with Crippen molar-refractivity contribution in [2.75, 3.05) is 7.11 Å². The molecular weight excluding hydrogens is 234 g/mol. The molecule has 1 fully saturated rings. The molecule has 98 valence electrons. The Hall–Kier alpha value is -1.85. The maximum Gasteiger partial charge on any atom is 0.331 e. The monoisotopic (exact) mass is 251 g/mol. The van der Waals surface area contributed by atoms with E-state index in [1.165, 1.54) is 13.3 Å². The van der Waals surface area contributed by atoms with Crippen molar-refractivity contribution in [3.8, 4) is 0 Å². The van der Waals surface area contributed by atoms with Crippen LogP contribution in [0, 0.1) is 0 Å². The first-order valence-electron chi connectivity index (χ1n) is 5.97. The maximum absolute atomic E-state index is 12.1. The van der Waals surface area contributed by atoms with E-state index in [0.717, 1.165) is 12.8 Å². The highest BCUT2D eigenvalue weighted by atomic mass is 16.5. The molecular formula is C12H17N3O3. The van der Waals surface area contributed by atoms with Crippen LogP contribution >= 0.6 is 0 Å². The van der Waals surface area contributed by atoms with Gasteiger partial charge in [0.25, 0.3) is 5.91 Å². The Morgan fingerprint density at radius 1 is 1.44 bits per heavy atom. The number of rotatable bonds is 3. The third kappa shape index (κ3) is 2.23. The van der Waals surface area contributed by atoms with Crippen LogP contribution in [0.25, 0.3) is 0 Å². The zero-order chi connectivity index (χ0) is 13.2. The van der Waals surface area contributed by atoms with Gasteiger partial charge in [0.15, 0.2) is 0 Å². The number of nitrogens with zero attached hydrogens (tertiary/aromatic N) is 2. The second kappa shape index (κ2) is 4.80. The summed E-state index contributed by atoms with van der Waals surface area (Å²) >= 11 is 0. The molecule has 2 rings (SSSR count). The van der Waals surface area contributed by atoms with Gasteiger partial charge in [0.1, 0.15) is 5.54 Å². The number of hydrogen-bond donors (Lipinski definition) is 1. The lowest BCUT2D eigenvalue weighted by atomic mass is 9.97. The van der Waals surface area contributed by atoms with E-state index in [9.17, 15) is 9.59 Å². The lowest BCUT2D eigenvalue weighted by molar-refractivity contribution is -0.148. The van der Waals surface area contributed by atoms with Crippen LogP contribution in [-0.4, -0.2) is 34.3 Å². The molecule has 0 atom stereocenters. The first kappa shape index (κ1) is 12.6. The van der Waals surface area contributed by atoms with Crippen molar-refractivity contribution in [1.29, 1.82) is 0 Å². The third-order valence-corrected chi connectivity index (χ3v) is 3.35. The summed E-state index contributed by atoms with van der Waals surface area (Å²) < 4.78 is 6.35. The fraction of sp³-hybridized carbons (Fsp3) is 0.583. The molecule has 1 amide bonds. The minimum Gasteiger partial charge on any atom is -0.467 e. The summed E-state index contributed by atoms with van der Waals surface area (Å²) in [6, 6.07) is 0. The first-order valence-corrected chi connectivity index (χ1v) is 5.97. The van der Waals surface area contributed by atoms with Crippen molar-refractivity contribution in [3.63, 3.8) is 0 Å². The van der Waals surface area contributed by atoms with Gasteiger partial charge >= 0.3 is 5.97 Å². The highest BCUT2D eigenvalue weighted by molar-refractivity contribution is 5.97. The second-order valence-corrected chi connectivity index (χ2v) is 4.64. The number of aryl methyl sites for hydroxylation is 1. The van der Waals surface area contributed by atoms with Crippen molar-refractivity contribution in [2.24, 2.45) is 7.05 Å². The standard InChI is InChI=1S/C12H17N3O3/c1-15-8-9(7-13-15)10(16)14-12(11(17)18-2)5-3-4-6-12/h7-8H,3-6H2,1-2H3,(H,14,16). The largest absolute Gasteiger partial charge is 0.467 e. The summed E-state index contributed by atoms with van der Waals surface area (Å²) in [4.78, 5) is 23.9. The van der Waals surface area contributed by atoms with E-state index in [1.54, 1.807) is 17.9 Å². The highest BCUT2D eigenvalue weighted by Gasteiger charge is 2.43. The molecule has 1 aromatic rings. The Morgan fingerprint density at radius 3 is 2.61 bits per heavy atom. The van der Waals surface area contributed by atoms with Crippen LogP contribution in [0.15, 0.2) is 12.4 Å². The molecule has 1 aliphatic rings. The van der Waals surface area contributed by atoms with Crippen molar-refractivity contribution in [1.82, 2.24) is 15.1 Å². The summed E-state index contributed by atoms with van der Waals surface area (Å²) in [7, 11) is 3.08. The van der Waals surface area contributed by atoms with Crippen LogP contribution in [0.4, 0.5) is 0 Å². The molecule has 0 spiro atoms. The molecule has 6 nitrogen and oxygen atoms in total. The van der Waals surface area contributed by atoms with Gasteiger partial charge in [-0.3, -0.25) is 9.48 Å². The zero-order valence-corrected chi connectivity index (χ0v) is 10.6. The van der Waals surface area contributed by atoms with Gasteiger partial charge in [0.2, 0.25) is 0 Å². The minimum absolute atomic E-state index is 0.282. The summed E-state index contributed by atoms with van der Waals surface area (Å²) in [5, 5.41) is 6.75. The van der Waals surface area contributed by atoms with Crippen LogP contribution in [-0.2, 0) is 16.6 Å². The van der Waals surface area contributed by atoms with E-state index < -0.39 is 5.54 Å². The Kier molecular flexibility index (Phi) is 3.36. The normalized spacial score (nSPS) is 17.4. The number of ether oxygens (including phenoxy) is 1. The van der Waals surface area contributed by atoms with Gasteiger partial charge in [-0.05, 0) is 12.8 Å². The predicted octanol–water partition coefficient (Wildman–Crippen LogP) is 0.636. The number of nitrogens with one attached hydrogen (secondary N) is 1. The molecule has 1 saturated carbocycles. The molecule has 0 aromatic carbocycles. The van der Waals surface area contributed by atoms with E-state index >= 15 is 0 Å². The third-order valence-electron chi connectivity index (χ3n) is 3.35. The first-order chi connectivity index (χ1) is 8.57. The molecule has 0 saturated heterocycles. The van der Waals surface area contributed by atoms with Gasteiger partial charge in [-0.25, -0.2) is 4.79 Å². The van der Waals surface area contributed by atoms with Gasteiger partial charge < -0.3 is 10.1 Å². The Balaban J connectivity index is 2.15. The van der Waals surface area contributed by atoms with Gasteiger partial charge in [-0.15, -0.1) is 0 Å². The summed E-state index contributed by atoms with van der Waals surface area (Å²) in [6.45, 7) is 0. The Morgan fingerprint density at radius 2 is 2.11 bits per heavy atom. The zero-order valence-electron chi connectivity index (χ0n) is 10.6. The molecule has 0 bridgehead atoms. The van der Waals surface area contributed by atoms with Gasteiger partial charge in [-0.2, -0.15) is 5.10 Å². The van der Waals surface area contributed by atoms with Crippen LogP contribution in [0.2, 0.25) is 0 Å². The molecule has 18 heavy (non-hydrogen) atoms. The van der Waals surface area contributed by atoms with Crippen molar-refractivity contribution in [3.05, 3.63) is 18.0 Å². The molecule has 1 N–H and O–H groups in total. The maximum atomic E-state index is 12.1. The van der Waals surface area contributed by atoms with Crippen molar-refractivity contribution in [2.45, 2.75) is 31.2 Å². The van der Waals surface area contributed by atoms with Crippen LogP contribution < -0.4 is 5.32 Å². The van der Waals surface area contributed by atoms with Crippen LogP contribution in [0.3, 0.4) is 0 Å². The lowest BCUT2D eigenvalue weighted by Crippen LogP contribution is -2.53. The fourth-order valence-electron chi connectivity index (χ4n) is 2.38. The lowest BCUT2D eigenvalue weighted by Gasteiger charge is -2.26.